The van der Waals surface area contributed by atoms with Crippen molar-refractivity contribution in [3.63, 3.8) is 0 Å². The zero-order valence-corrected chi connectivity index (χ0v) is 16.0. The van der Waals surface area contributed by atoms with Gasteiger partial charge in [-0.25, -0.2) is 0 Å². The Balaban J connectivity index is 1.53. The molecule has 26 heavy (non-hydrogen) atoms. The zero-order valence-electron chi connectivity index (χ0n) is 16.0. The highest BCUT2D eigenvalue weighted by atomic mass is 16.2. The number of hydrogen-bond donors (Lipinski definition) is 1. The van der Waals surface area contributed by atoms with Crippen LogP contribution in [0.25, 0.3) is 0 Å². The molecule has 3 nitrogen and oxygen atoms in total. The molecule has 1 heterocycles. The van der Waals surface area contributed by atoms with Crippen LogP contribution in [0.2, 0.25) is 0 Å². The van der Waals surface area contributed by atoms with E-state index >= 15 is 0 Å². The summed E-state index contributed by atoms with van der Waals surface area (Å²) in [7, 11) is 0. The van der Waals surface area contributed by atoms with Gasteiger partial charge in [0.25, 0.3) is 0 Å². The first kappa shape index (κ1) is 16.8. The lowest BCUT2D eigenvalue weighted by Gasteiger charge is -2.66. The molecule has 1 saturated heterocycles. The maximum atomic E-state index is 13.8. The second-order valence-corrected chi connectivity index (χ2v) is 10.4. The third-order valence-corrected chi connectivity index (χ3v) is 7.93. The normalized spacial score (nSPS) is 44.3. The molecule has 6 rings (SSSR count). The highest BCUT2D eigenvalue weighted by molar-refractivity contribution is 5.84. The van der Waals surface area contributed by atoms with Crippen LogP contribution in [0.4, 0.5) is 0 Å². The van der Waals surface area contributed by atoms with E-state index in [1.165, 1.54) is 24.8 Å². The summed E-state index contributed by atoms with van der Waals surface area (Å²) in [5.74, 6) is 1.14. The predicted molar refractivity (Wildman–Crippen MR) is 104 cm³/mol. The molecule has 0 radical (unpaired) electrons. The summed E-state index contributed by atoms with van der Waals surface area (Å²) in [6.07, 6.45) is 9.24. The Kier molecular flexibility index (Phi) is 3.60. The van der Waals surface area contributed by atoms with E-state index in [1.54, 1.807) is 0 Å². The van der Waals surface area contributed by atoms with Gasteiger partial charge in [-0.2, -0.15) is 0 Å². The predicted octanol–water partition coefficient (Wildman–Crippen LogP) is 3.86. The second-order valence-electron chi connectivity index (χ2n) is 10.4. The zero-order chi connectivity index (χ0) is 18.0. The van der Waals surface area contributed by atoms with Crippen molar-refractivity contribution in [2.75, 3.05) is 13.1 Å². The summed E-state index contributed by atoms with van der Waals surface area (Å²) >= 11 is 0. The van der Waals surface area contributed by atoms with Gasteiger partial charge < -0.3 is 10.6 Å². The molecule has 1 aliphatic heterocycles. The second kappa shape index (κ2) is 5.58. The standard InChI is InChI=1S/C23H32N2O/c1-21-10-17-11-22(14-21,18-6-3-2-4-7-18)16-23(12-17,15-21)20(26)25-9-5-8-19(24)13-25/h2-4,6-7,17,19H,5,8-16,24H2,1H3/t17?,19-,21?,22?,23?/m1/s1. The molecule has 1 aromatic rings. The van der Waals surface area contributed by atoms with Crippen LogP contribution >= 0.6 is 0 Å². The fourth-order valence-corrected chi connectivity index (χ4v) is 7.80. The van der Waals surface area contributed by atoms with Crippen LogP contribution in [0.3, 0.4) is 0 Å². The average Bonchev–Trinajstić information content (AvgIpc) is 2.60. The van der Waals surface area contributed by atoms with Crippen molar-refractivity contribution in [3.05, 3.63) is 35.9 Å². The molecule has 1 aromatic carbocycles. The monoisotopic (exact) mass is 352 g/mol. The van der Waals surface area contributed by atoms with Crippen LogP contribution in [0.1, 0.15) is 63.9 Å². The number of nitrogens with two attached hydrogens (primary N) is 1. The van der Waals surface area contributed by atoms with E-state index in [4.69, 9.17) is 5.73 Å². The number of carbonyl (C=O) groups excluding carboxylic acids is 1. The number of amides is 1. The average molecular weight is 353 g/mol. The van der Waals surface area contributed by atoms with Gasteiger partial charge in [0.1, 0.15) is 0 Å². The molecule has 0 aromatic heterocycles. The van der Waals surface area contributed by atoms with Gasteiger partial charge in [0.2, 0.25) is 5.91 Å². The molecule has 140 valence electrons. The third kappa shape index (κ3) is 2.46. The molecule has 5 fully saturated rings. The lowest BCUT2D eigenvalue weighted by atomic mass is 9.38. The molecular formula is C23H32N2O. The Labute approximate surface area is 157 Å². The molecule has 4 bridgehead atoms. The molecule has 5 atom stereocenters. The fraction of sp³-hybridized carbons (Fsp3) is 0.696. The number of likely N-dealkylation sites (tertiary alicyclic amines) is 1. The van der Waals surface area contributed by atoms with Gasteiger partial charge in [-0.3, -0.25) is 4.79 Å². The van der Waals surface area contributed by atoms with Crippen molar-refractivity contribution in [1.82, 2.24) is 4.90 Å². The first-order valence-corrected chi connectivity index (χ1v) is 10.5. The van der Waals surface area contributed by atoms with Crippen LogP contribution in [-0.4, -0.2) is 29.9 Å². The molecule has 2 N–H and O–H groups in total. The van der Waals surface area contributed by atoms with Gasteiger partial charge in [-0.15, -0.1) is 0 Å². The van der Waals surface area contributed by atoms with Crippen molar-refractivity contribution in [2.24, 2.45) is 22.5 Å². The summed E-state index contributed by atoms with van der Waals surface area (Å²) in [6.45, 7) is 4.13. The van der Waals surface area contributed by atoms with E-state index in [9.17, 15) is 4.79 Å². The van der Waals surface area contributed by atoms with Gasteiger partial charge in [0.05, 0.1) is 5.41 Å². The topological polar surface area (TPSA) is 46.3 Å². The van der Waals surface area contributed by atoms with Crippen molar-refractivity contribution >= 4 is 5.91 Å². The number of rotatable bonds is 2. The lowest BCUT2D eigenvalue weighted by molar-refractivity contribution is -0.171. The van der Waals surface area contributed by atoms with Crippen molar-refractivity contribution in [3.8, 4) is 0 Å². The van der Waals surface area contributed by atoms with Crippen LogP contribution in [0.5, 0.6) is 0 Å². The molecule has 3 heteroatoms. The van der Waals surface area contributed by atoms with E-state index in [1.807, 2.05) is 0 Å². The summed E-state index contributed by atoms with van der Waals surface area (Å²) in [4.78, 5) is 15.9. The highest BCUT2D eigenvalue weighted by Crippen LogP contribution is 2.70. The smallest absolute Gasteiger partial charge is 0.228 e. The van der Waals surface area contributed by atoms with Crippen molar-refractivity contribution < 1.29 is 4.79 Å². The van der Waals surface area contributed by atoms with Gasteiger partial charge >= 0.3 is 0 Å². The summed E-state index contributed by atoms with van der Waals surface area (Å²) in [5.41, 5.74) is 8.07. The van der Waals surface area contributed by atoms with Crippen molar-refractivity contribution in [2.45, 2.75) is 69.7 Å². The Hall–Kier alpha value is -1.35. The van der Waals surface area contributed by atoms with E-state index in [0.29, 0.717) is 17.2 Å². The third-order valence-electron chi connectivity index (χ3n) is 7.93. The van der Waals surface area contributed by atoms with Crippen molar-refractivity contribution in [1.29, 1.82) is 0 Å². The van der Waals surface area contributed by atoms with Gasteiger partial charge in [-0.05, 0) is 73.7 Å². The Bertz CT molecular complexity index is 718. The van der Waals surface area contributed by atoms with Crippen LogP contribution in [-0.2, 0) is 10.2 Å². The largest absolute Gasteiger partial charge is 0.341 e. The number of benzene rings is 1. The number of carbonyl (C=O) groups is 1. The van der Waals surface area contributed by atoms with Gasteiger partial charge in [-0.1, -0.05) is 37.3 Å². The highest BCUT2D eigenvalue weighted by Gasteiger charge is 2.65. The molecular weight excluding hydrogens is 320 g/mol. The molecule has 0 spiro atoms. The summed E-state index contributed by atoms with van der Waals surface area (Å²) in [5, 5.41) is 0. The van der Waals surface area contributed by atoms with Crippen LogP contribution in [0.15, 0.2) is 30.3 Å². The Morgan fingerprint density at radius 3 is 2.65 bits per heavy atom. The molecule has 4 aliphatic carbocycles. The van der Waals surface area contributed by atoms with Crippen LogP contribution in [0, 0.1) is 16.7 Å². The van der Waals surface area contributed by atoms with Gasteiger partial charge in [0.15, 0.2) is 0 Å². The number of hydrogen-bond acceptors (Lipinski definition) is 2. The lowest BCUT2D eigenvalue weighted by Crippen LogP contribution is -2.63. The fourth-order valence-electron chi connectivity index (χ4n) is 7.80. The maximum Gasteiger partial charge on any atom is 0.228 e. The maximum absolute atomic E-state index is 13.8. The van der Waals surface area contributed by atoms with E-state index < -0.39 is 0 Å². The van der Waals surface area contributed by atoms with E-state index in [-0.39, 0.29) is 16.9 Å². The molecule has 4 saturated carbocycles. The van der Waals surface area contributed by atoms with E-state index in [2.05, 4.69) is 42.2 Å². The molecule has 4 unspecified atom stereocenters. The van der Waals surface area contributed by atoms with Gasteiger partial charge in [0, 0.05) is 19.1 Å². The number of piperidine rings is 1. The summed E-state index contributed by atoms with van der Waals surface area (Å²) in [6, 6.07) is 11.3. The molecule has 1 amide bonds. The molecule has 5 aliphatic rings. The quantitative estimate of drug-likeness (QED) is 0.878. The van der Waals surface area contributed by atoms with Crippen LogP contribution < -0.4 is 5.73 Å². The summed E-state index contributed by atoms with van der Waals surface area (Å²) < 4.78 is 0. The minimum Gasteiger partial charge on any atom is -0.341 e. The number of nitrogens with zero attached hydrogens (tertiary/aromatic N) is 1. The minimum absolute atomic E-state index is 0.138. The SMILES string of the molecule is CC12CC3CC(C(=O)N4CCC[C@@H](N)C4)(C1)CC(c1ccccc1)(C3)C2. The Morgan fingerprint density at radius 1 is 1.12 bits per heavy atom. The first-order valence-electron chi connectivity index (χ1n) is 10.5. The first-order chi connectivity index (χ1) is 12.4. The Morgan fingerprint density at radius 2 is 1.92 bits per heavy atom. The van der Waals surface area contributed by atoms with E-state index in [0.717, 1.165) is 45.2 Å². The minimum atomic E-state index is -0.138.